The molecule has 0 saturated heterocycles. The van der Waals surface area contributed by atoms with Gasteiger partial charge in [-0.2, -0.15) is 13.2 Å². The predicted octanol–water partition coefficient (Wildman–Crippen LogP) is 3.72. The Morgan fingerprint density at radius 3 is 2.71 bits per heavy atom. The van der Waals surface area contributed by atoms with E-state index in [0.717, 1.165) is 37.1 Å². The van der Waals surface area contributed by atoms with Crippen molar-refractivity contribution in [2.24, 2.45) is 0 Å². The van der Waals surface area contributed by atoms with Crippen LogP contribution in [-0.4, -0.2) is 30.7 Å². The fourth-order valence-electron chi connectivity index (χ4n) is 3.32. The topological polar surface area (TPSA) is 57.8 Å². The van der Waals surface area contributed by atoms with Crippen LogP contribution in [0, 0.1) is 0 Å². The molecule has 2 unspecified atom stereocenters. The van der Waals surface area contributed by atoms with E-state index in [2.05, 4.69) is 28.4 Å². The molecule has 0 spiro atoms. The predicted molar refractivity (Wildman–Crippen MR) is 88.8 cm³/mol. The Morgan fingerprint density at radius 2 is 2.08 bits per heavy atom. The van der Waals surface area contributed by atoms with Crippen molar-refractivity contribution in [2.45, 2.75) is 50.1 Å². The van der Waals surface area contributed by atoms with Gasteiger partial charge in [-0.25, -0.2) is 4.98 Å². The van der Waals surface area contributed by atoms with Crippen LogP contribution in [-0.2, 0) is 6.18 Å². The van der Waals surface area contributed by atoms with Crippen molar-refractivity contribution < 1.29 is 18.0 Å². The normalized spacial score (nSPS) is 21.6. The number of alkyl halides is 3. The summed E-state index contributed by atoms with van der Waals surface area (Å²) in [6, 6.07) is 2.57. The molecule has 4 nitrogen and oxygen atoms in total. The number of amides is 1. The number of aromatic nitrogens is 2. The molecular weight excluding hydrogens is 335 g/mol. The molecule has 1 aliphatic carbocycles. The molecule has 2 aromatic rings. The Bertz CT molecular complexity index is 757. The maximum atomic E-state index is 12.7. The molecule has 8 heteroatoms. The smallest absolute Gasteiger partial charge is 0.349 e. The molecule has 0 bridgehead atoms. The quantitative estimate of drug-likeness (QED) is 0.825. The molecule has 0 aliphatic heterocycles. The molecule has 0 aromatic carbocycles. The molecule has 2 aromatic heterocycles. The summed E-state index contributed by atoms with van der Waals surface area (Å²) < 4.78 is 38.1. The van der Waals surface area contributed by atoms with E-state index in [1.807, 2.05) is 0 Å². The Hall–Kier alpha value is -1.83. The third-order valence-electron chi connectivity index (χ3n) is 4.79. The van der Waals surface area contributed by atoms with Crippen LogP contribution in [0.5, 0.6) is 0 Å². The van der Waals surface area contributed by atoms with Gasteiger partial charge in [0.2, 0.25) is 0 Å². The van der Waals surface area contributed by atoms with Crippen molar-refractivity contribution >= 4 is 25.6 Å². The number of nitrogens with zero attached hydrogens (tertiary/aromatic N) is 1. The molecule has 2 N–H and O–H groups in total. The van der Waals surface area contributed by atoms with Gasteiger partial charge in [-0.15, -0.1) is 0 Å². The summed E-state index contributed by atoms with van der Waals surface area (Å²) in [5, 5.41) is 3.33. The van der Waals surface area contributed by atoms with Crippen LogP contribution in [0.15, 0.2) is 18.3 Å². The lowest BCUT2D eigenvalue weighted by Crippen LogP contribution is -2.33. The average Bonchev–Trinajstić information content (AvgIpc) is 3.11. The molecule has 24 heavy (non-hydrogen) atoms. The highest BCUT2D eigenvalue weighted by Crippen LogP contribution is 2.33. The first kappa shape index (κ1) is 17.0. The van der Waals surface area contributed by atoms with Gasteiger partial charge in [0.25, 0.3) is 5.91 Å². The summed E-state index contributed by atoms with van der Waals surface area (Å²) in [6.07, 6.45) is -0.240. The van der Waals surface area contributed by atoms with Crippen LogP contribution >= 0.6 is 0 Å². The number of hydrogen-bond acceptors (Lipinski definition) is 2. The largest absolute Gasteiger partial charge is 0.433 e. The van der Waals surface area contributed by atoms with Crippen molar-refractivity contribution in [1.29, 1.82) is 0 Å². The summed E-state index contributed by atoms with van der Waals surface area (Å²) >= 11 is 0. The molecule has 1 aliphatic rings. The molecule has 1 saturated carbocycles. The monoisotopic (exact) mass is 355 g/mol. The molecular formula is C16H20F3N3OSi. The number of carbonyl (C=O) groups is 1. The first-order valence-corrected chi connectivity index (χ1v) is 11.1. The highest BCUT2D eigenvalue weighted by molar-refractivity contribution is 6.57. The maximum absolute atomic E-state index is 12.7. The molecule has 3 rings (SSSR count). The second-order valence-electron chi connectivity index (χ2n) is 6.83. The maximum Gasteiger partial charge on any atom is 0.433 e. The third-order valence-corrected chi connectivity index (χ3v) is 7.28. The Morgan fingerprint density at radius 1 is 1.33 bits per heavy atom. The van der Waals surface area contributed by atoms with E-state index < -0.39 is 20.7 Å². The SMILES string of the molecule is C[SiH](C)C1CCC(NC(=O)c2cc3cc(C(F)(F)F)ncc3[nH]2)C1. The van der Waals surface area contributed by atoms with E-state index in [9.17, 15) is 18.0 Å². The van der Waals surface area contributed by atoms with Crippen molar-refractivity contribution in [2.75, 3.05) is 0 Å². The summed E-state index contributed by atoms with van der Waals surface area (Å²) in [4.78, 5) is 18.6. The number of fused-ring (bicyclic) bond motifs is 1. The minimum Gasteiger partial charge on any atom is -0.349 e. The number of rotatable bonds is 3. The Labute approximate surface area is 139 Å². The second kappa shape index (κ2) is 6.23. The second-order valence-corrected chi connectivity index (χ2v) is 10.3. The zero-order chi connectivity index (χ0) is 17.5. The van der Waals surface area contributed by atoms with Gasteiger partial charge in [0.15, 0.2) is 0 Å². The lowest BCUT2D eigenvalue weighted by molar-refractivity contribution is -0.141. The molecule has 1 amide bonds. The van der Waals surface area contributed by atoms with Crippen molar-refractivity contribution in [3.05, 3.63) is 29.7 Å². The number of nitrogens with one attached hydrogen (secondary N) is 2. The highest BCUT2D eigenvalue weighted by atomic mass is 28.3. The minimum absolute atomic E-state index is 0.160. The van der Waals surface area contributed by atoms with Crippen LogP contribution in [0.3, 0.4) is 0 Å². The molecule has 2 heterocycles. The Balaban J connectivity index is 1.74. The summed E-state index contributed by atoms with van der Waals surface area (Å²) in [5.74, 6) is -0.268. The first-order valence-electron chi connectivity index (χ1n) is 8.11. The van der Waals surface area contributed by atoms with Crippen molar-refractivity contribution in [3.63, 3.8) is 0 Å². The van der Waals surface area contributed by atoms with E-state index in [-0.39, 0.29) is 17.6 Å². The van der Waals surface area contributed by atoms with E-state index >= 15 is 0 Å². The summed E-state index contributed by atoms with van der Waals surface area (Å²) in [6.45, 7) is 4.63. The van der Waals surface area contributed by atoms with Crippen LogP contribution < -0.4 is 5.32 Å². The van der Waals surface area contributed by atoms with Gasteiger partial charge in [-0.1, -0.05) is 19.5 Å². The van der Waals surface area contributed by atoms with Gasteiger partial charge < -0.3 is 10.3 Å². The fourth-order valence-corrected chi connectivity index (χ4v) is 5.06. The number of H-pyrrole nitrogens is 1. The summed E-state index contributed by atoms with van der Waals surface area (Å²) in [5.41, 5.74) is 0.487. The molecule has 130 valence electrons. The number of pyridine rings is 1. The standard InChI is InChI=1S/C16H20F3N3OSi/c1-24(2)11-4-3-10(7-11)21-15(23)12-5-9-6-14(16(17,18)19)20-8-13(9)22-12/h5-6,8,10-11,22,24H,3-4,7H2,1-2H3,(H,21,23). The average molecular weight is 355 g/mol. The Kier molecular flexibility index (Phi) is 4.42. The number of aromatic amines is 1. The van der Waals surface area contributed by atoms with Crippen molar-refractivity contribution in [1.82, 2.24) is 15.3 Å². The van der Waals surface area contributed by atoms with E-state index in [0.29, 0.717) is 10.9 Å². The van der Waals surface area contributed by atoms with Gasteiger partial charge in [0.05, 0.1) is 11.7 Å². The number of carbonyl (C=O) groups excluding carboxylic acids is 1. The van der Waals surface area contributed by atoms with Crippen LogP contribution in [0.2, 0.25) is 18.6 Å². The van der Waals surface area contributed by atoms with Crippen LogP contribution in [0.4, 0.5) is 13.2 Å². The highest BCUT2D eigenvalue weighted by Gasteiger charge is 2.33. The first-order chi connectivity index (χ1) is 11.2. The number of hydrogen-bond donors (Lipinski definition) is 2. The van der Waals surface area contributed by atoms with Crippen molar-refractivity contribution in [3.8, 4) is 0 Å². The van der Waals surface area contributed by atoms with Gasteiger partial charge in [-0.3, -0.25) is 4.79 Å². The van der Waals surface area contributed by atoms with E-state index in [1.54, 1.807) is 0 Å². The summed E-state index contributed by atoms with van der Waals surface area (Å²) in [7, 11) is -0.701. The van der Waals surface area contributed by atoms with Gasteiger partial charge in [0, 0.05) is 20.2 Å². The third kappa shape index (κ3) is 3.48. The van der Waals surface area contributed by atoms with Crippen LogP contribution in [0.1, 0.15) is 35.4 Å². The van der Waals surface area contributed by atoms with E-state index in [4.69, 9.17) is 0 Å². The van der Waals surface area contributed by atoms with Gasteiger partial charge >= 0.3 is 6.18 Å². The number of halogens is 3. The molecule has 0 radical (unpaired) electrons. The molecule has 1 fully saturated rings. The lowest BCUT2D eigenvalue weighted by atomic mass is 10.2. The molecule has 2 atom stereocenters. The lowest BCUT2D eigenvalue weighted by Gasteiger charge is -2.14. The van der Waals surface area contributed by atoms with Gasteiger partial charge in [0.1, 0.15) is 11.4 Å². The fraction of sp³-hybridized carbons (Fsp3) is 0.500. The zero-order valence-electron chi connectivity index (χ0n) is 13.6. The van der Waals surface area contributed by atoms with E-state index in [1.165, 1.54) is 6.07 Å². The minimum atomic E-state index is -4.49. The van der Waals surface area contributed by atoms with Crippen LogP contribution in [0.25, 0.3) is 10.9 Å². The zero-order valence-corrected chi connectivity index (χ0v) is 14.7. The van der Waals surface area contributed by atoms with Gasteiger partial charge in [-0.05, 0) is 30.5 Å².